The number of aromatic nitrogens is 1. The predicted molar refractivity (Wildman–Crippen MR) is 76.6 cm³/mol. The van der Waals surface area contributed by atoms with Gasteiger partial charge in [0.2, 0.25) is 5.89 Å². The van der Waals surface area contributed by atoms with Crippen LogP contribution in [0, 0.1) is 6.92 Å². The van der Waals surface area contributed by atoms with E-state index in [2.05, 4.69) is 4.98 Å². The number of anilines is 1. The molecule has 19 heavy (non-hydrogen) atoms. The molecule has 0 unspecified atom stereocenters. The van der Waals surface area contributed by atoms with Crippen molar-refractivity contribution in [3.05, 3.63) is 57.1 Å². The fourth-order valence-corrected chi connectivity index (χ4v) is 2.93. The molecule has 3 rings (SSSR count). The van der Waals surface area contributed by atoms with Gasteiger partial charge in [0.1, 0.15) is 4.83 Å². The zero-order valence-electron chi connectivity index (χ0n) is 10.3. The lowest BCUT2D eigenvalue weighted by atomic mass is 10.1. The summed E-state index contributed by atoms with van der Waals surface area (Å²) in [7, 11) is 0. The van der Waals surface area contributed by atoms with Crippen LogP contribution in [0.3, 0.4) is 0 Å². The molecular formula is C14H12N2O2S. The van der Waals surface area contributed by atoms with E-state index in [4.69, 9.17) is 10.2 Å². The average Bonchev–Trinajstić information content (AvgIpc) is 2.71. The second-order valence-corrected chi connectivity index (χ2v) is 5.27. The van der Waals surface area contributed by atoms with Gasteiger partial charge < -0.3 is 10.2 Å². The second kappa shape index (κ2) is 4.51. The molecule has 0 amide bonds. The van der Waals surface area contributed by atoms with Crippen LogP contribution in [0.1, 0.15) is 17.0 Å². The Bertz CT molecular complexity index is 805. The van der Waals surface area contributed by atoms with Gasteiger partial charge in [-0.25, -0.2) is 9.78 Å². The average molecular weight is 272 g/mol. The highest BCUT2D eigenvalue weighted by Gasteiger charge is 2.11. The van der Waals surface area contributed by atoms with Gasteiger partial charge in [-0.1, -0.05) is 12.1 Å². The van der Waals surface area contributed by atoms with Crippen molar-refractivity contribution < 1.29 is 4.42 Å². The Morgan fingerprint density at radius 3 is 3.05 bits per heavy atom. The minimum atomic E-state index is -0.317. The van der Waals surface area contributed by atoms with Crippen molar-refractivity contribution in [2.24, 2.45) is 0 Å². The molecule has 2 aromatic heterocycles. The van der Waals surface area contributed by atoms with E-state index >= 15 is 0 Å². The summed E-state index contributed by atoms with van der Waals surface area (Å²) in [6.45, 7) is 1.88. The number of nitrogen functional groups attached to an aromatic ring is 1. The topological polar surface area (TPSA) is 69.1 Å². The van der Waals surface area contributed by atoms with Crippen LogP contribution in [0.15, 0.2) is 38.9 Å². The van der Waals surface area contributed by atoms with Crippen LogP contribution in [0.5, 0.6) is 0 Å². The Balaban J connectivity index is 2.04. The summed E-state index contributed by atoms with van der Waals surface area (Å²) in [5.41, 5.74) is 7.99. The third-order valence-electron chi connectivity index (χ3n) is 2.90. The number of aryl methyl sites for hydroxylation is 1. The molecule has 1 aromatic carbocycles. The molecule has 0 aliphatic carbocycles. The highest BCUT2D eigenvalue weighted by Crippen LogP contribution is 2.21. The summed E-state index contributed by atoms with van der Waals surface area (Å²) in [5.74, 6) is 0.421. The van der Waals surface area contributed by atoms with E-state index < -0.39 is 0 Å². The van der Waals surface area contributed by atoms with Gasteiger partial charge in [0.05, 0.1) is 5.39 Å². The molecule has 3 aromatic rings. The molecule has 0 spiro atoms. The van der Waals surface area contributed by atoms with Gasteiger partial charge in [0, 0.05) is 12.1 Å². The van der Waals surface area contributed by atoms with Gasteiger partial charge in [0.15, 0.2) is 0 Å². The van der Waals surface area contributed by atoms with Crippen LogP contribution in [-0.2, 0) is 6.42 Å². The lowest BCUT2D eigenvalue weighted by Gasteiger charge is -2.01. The SMILES string of the molecule is Cc1csc2nc(Cc3cccc(N)c3)oc(=O)c12. The van der Waals surface area contributed by atoms with Crippen molar-refractivity contribution in [3.8, 4) is 0 Å². The monoisotopic (exact) mass is 272 g/mol. The van der Waals surface area contributed by atoms with Gasteiger partial charge in [-0.15, -0.1) is 11.3 Å². The van der Waals surface area contributed by atoms with E-state index in [1.54, 1.807) is 0 Å². The van der Waals surface area contributed by atoms with E-state index in [0.29, 0.717) is 23.4 Å². The standard InChI is InChI=1S/C14H12N2O2S/c1-8-7-19-13-12(8)14(17)18-11(16-13)6-9-3-2-4-10(15)5-9/h2-5,7H,6,15H2,1H3. The smallest absolute Gasteiger partial charge is 0.348 e. The van der Waals surface area contributed by atoms with Crippen molar-refractivity contribution in [2.45, 2.75) is 13.3 Å². The van der Waals surface area contributed by atoms with Crippen molar-refractivity contribution in [2.75, 3.05) is 5.73 Å². The van der Waals surface area contributed by atoms with E-state index in [1.165, 1.54) is 11.3 Å². The number of hydrogen-bond donors (Lipinski definition) is 1. The number of benzene rings is 1. The maximum absolute atomic E-state index is 11.9. The zero-order chi connectivity index (χ0) is 13.4. The summed E-state index contributed by atoms with van der Waals surface area (Å²) in [5, 5.41) is 2.50. The lowest BCUT2D eigenvalue weighted by Crippen LogP contribution is -2.05. The molecule has 0 bridgehead atoms. The zero-order valence-corrected chi connectivity index (χ0v) is 11.2. The lowest BCUT2D eigenvalue weighted by molar-refractivity contribution is 0.455. The summed E-state index contributed by atoms with van der Waals surface area (Å²) in [6, 6.07) is 7.48. The first-order valence-electron chi connectivity index (χ1n) is 5.86. The Hall–Kier alpha value is -2.14. The summed E-state index contributed by atoms with van der Waals surface area (Å²) < 4.78 is 5.27. The number of rotatable bonds is 2. The van der Waals surface area contributed by atoms with Crippen molar-refractivity contribution >= 4 is 27.2 Å². The molecule has 0 radical (unpaired) electrons. The van der Waals surface area contributed by atoms with Crippen molar-refractivity contribution in [3.63, 3.8) is 0 Å². The maximum Gasteiger partial charge on any atom is 0.348 e. The first-order chi connectivity index (χ1) is 9.13. The largest absolute Gasteiger partial charge is 0.407 e. The van der Waals surface area contributed by atoms with Crippen LogP contribution in [-0.4, -0.2) is 4.98 Å². The molecule has 0 saturated heterocycles. The first-order valence-corrected chi connectivity index (χ1v) is 6.73. The van der Waals surface area contributed by atoms with Crippen LogP contribution >= 0.6 is 11.3 Å². The van der Waals surface area contributed by atoms with Gasteiger partial charge >= 0.3 is 5.63 Å². The molecule has 0 saturated carbocycles. The Morgan fingerprint density at radius 2 is 2.26 bits per heavy atom. The van der Waals surface area contributed by atoms with Crippen LogP contribution in [0.2, 0.25) is 0 Å². The Morgan fingerprint density at radius 1 is 1.42 bits per heavy atom. The molecule has 2 N–H and O–H groups in total. The summed E-state index contributed by atoms with van der Waals surface area (Å²) >= 11 is 1.46. The summed E-state index contributed by atoms with van der Waals surface area (Å²) in [4.78, 5) is 17.0. The van der Waals surface area contributed by atoms with Gasteiger partial charge in [-0.05, 0) is 35.6 Å². The minimum Gasteiger partial charge on any atom is -0.407 e. The maximum atomic E-state index is 11.9. The fourth-order valence-electron chi connectivity index (χ4n) is 2.01. The number of nitrogens with two attached hydrogens (primary N) is 1. The van der Waals surface area contributed by atoms with Gasteiger partial charge in [0.25, 0.3) is 0 Å². The number of thiophene rings is 1. The number of nitrogens with zero attached hydrogens (tertiary/aromatic N) is 1. The third-order valence-corrected chi connectivity index (χ3v) is 3.89. The number of hydrogen-bond acceptors (Lipinski definition) is 5. The molecule has 0 aliphatic rings. The molecule has 2 heterocycles. The molecule has 0 aliphatic heterocycles. The summed E-state index contributed by atoms with van der Waals surface area (Å²) in [6.07, 6.45) is 0.465. The normalized spacial score (nSPS) is 11.0. The van der Waals surface area contributed by atoms with E-state index in [-0.39, 0.29) is 5.63 Å². The Labute approximate surface area is 113 Å². The van der Waals surface area contributed by atoms with Crippen LogP contribution < -0.4 is 11.4 Å². The quantitative estimate of drug-likeness (QED) is 0.728. The predicted octanol–water partition coefficient (Wildman–Crippen LogP) is 2.73. The highest BCUT2D eigenvalue weighted by molar-refractivity contribution is 7.16. The Kier molecular flexibility index (Phi) is 2.83. The van der Waals surface area contributed by atoms with Crippen LogP contribution in [0.4, 0.5) is 5.69 Å². The van der Waals surface area contributed by atoms with Crippen molar-refractivity contribution in [1.29, 1.82) is 0 Å². The molecule has 0 fully saturated rings. The van der Waals surface area contributed by atoms with Crippen LogP contribution in [0.25, 0.3) is 10.2 Å². The molecule has 4 nitrogen and oxygen atoms in total. The van der Waals surface area contributed by atoms with Gasteiger partial charge in [-0.3, -0.25) is 0 Å². The second-order valence-electron chi connectivity index (χ2n) is 4.42. The fraction of sp³-hybridized carbons (Fsp3) is 0.143. The third kappa shape index (κ3) is 2.24. The highest BCUT2D eigenvalue weighted by atomic mass is 32.1. The first kappa shape index (κ1) is 11.9. The molecule has 96 valence electrons. The minimum absolute atomic E-state index is 0.317. The van der Waals surface area contributed by atoms with E-state index in [1.807, 2.05) is 36.6 Å². The molecular weight excluding hydrogens is 260 g/mol. The van der Waals surface area contributed by atoms with E-state index in [9.17, 15) is 4.79 Å². The van der Waals surface area contributed by atoms with Gasteiger partial charge in [-0.2, -0.15) is 0 Å². The van der Waals surface area contributed by atoms with Crippen molar-refractivity contribution in [1.82, 2.24) is 4.98 Å². The molecule has 5 heteroatoms. The van der Waals surface area contributed by atoms with E-state index in [0.717, 1.165) is 16.0 Å². The molecule has 0 atom stereocenters. The number of fused-ring (bicyclic) bond motifs is 1.